The number of benzene rings is 6. The van der Waals surface area contributed by atoms with Crippen LogP contribution in [0.15, 0.2) is 152 Å². The van der Waals surface area contributed by atoms with Crippen LogP contribution in [0.25, 0.3) is 44.7 Å². The smallest absolute Gasteiger partial charge is 0.0384 e. The van der Waals surface area contributed by atoms with Gasteiger partial charge in [-0.3, -0.25) is 0 Å². The normalized spacial score (nSPS) is 14.3. The van der Waals surface area contributed by atoms with Crippen molar-refractivity contribution in [3.63, 3.8) is 0 Å². The predicted molar refractivity (Wildman–Crippen MR) is 176 cm³/mol. The Morgan fingerprint density at radius 3 is 1.80 bits per heavy atom. The van der Waals surface area contributed by atoms with Crippen molar-refractivity contribution in [3.05, 3.63) is 168 Å². The van der Waals surface area contributed by atoms with Crippen LogP contribution in [0.5, 0.6) is 0 Å². The van der Waals surface area contributed by atoms with E-state index in [1.54, 1.807) is 0 Å². The van der Waals surface area contributed by atoms with E-state index in [1.165, 1.54) is 55.3 Å². The van der Waals surface area contributed by atoms with Gasteiger partial charge in [0, 0.05) is 11.4 Å². The first-order valence-electron chi connectivity index (χ1n) is 14.3. The molecule has 1 N–H and O–H groups in total. The third-order valence-corrected chi connectivity index (χ3v) is 7.95. The van der Waals surface area contributed by atoms with Gasteiger partial charge >= 0.3 is 0 Å². The lowest BCUT2D eigenvalue weighted by Crippen LogP contribution is -1.93. The Hall–Kier alpha value is -5.14. The maximum Gasteiger partial charge on any atom is 0.0384 e. The van der Waals surface area contributed by atoms with Gasteiger partial charge in [-0.25, -0.2) is 0 Å². The second-order valence-electron chi connectivity index (χ2n) is 10.8. The van der Waals surface area contributed by atoms with Crippen molar-refractivity contribution in [1.29, 1.82) is 0 Å². The Morgan fingerprint density at radius 2 is 1.05 bits per heavy atom. The Balaban J connectivity index is 1.07. The van der Waals surface area contributed by atoms with Crippen molar-refractivity contribution in [2.75, 3.05) is 5.32 Å². The monoisotopic (exact) mass is 525 g/mol. The number of anilines is 2. The fourth-order valence-electron chi connectivity index (χ4n) is 5.77. The molecule has 1 aliphatic carbocycles. The van der Waals surface area contributed by atoms with Crippen molar-refractivity contribution < 1.29 is 0 Å². The van der Waals surface area contributed by atoms with Gasteiger partial charge in [0.2, 0.25) is 0 Å². The quantitative estimate of drug-likeness (QED) is 0.236. The van der Waals surface area contributed by atoms with Gasteiger partial charge in [-0.2, -0.15) is 0 Å². The van der Waals surface area contributed by atoms with Crippen LogP contribution < -0.4 is 5.32 Å². The molecule has 196 valence electrons. The molecule has 0 aromatic heterocycles. The first-order valence-corrected chi connectivity index (χ1v) is 14.3. The molecule has 1 atom stereocenters. The van der Waals surface area contributed by atoms with E-state index < -0.39 is 0 Å². The molecule has 7 rings (SSSR count). The predicted octanol–water partition coefficient (Wildman–Crippen LogP) is 11.0. The van der Waals surface area contributed by atoms with Gasteiger partial charge in [0.15, 0.2) is 0 Å². The maximum atomic E-state index is 3.56. The summed E-state index contributed by atoms with van der Waals surface area (Å²) < 4.78 is 0. The van der Waals surface area contributed by atoms with Gasteiger partial charge in [0.05, 0.1) is 0 Å². The summed E-state index contributed by atoms with van der Waals surface area (Å²) >= 11 is 0. The van der Waals surface area contributed by atoms with Crippen molar-refractivity contribution in [2.45, 2.75) is 6.92 Å². The van der Waals surface area contributed by atoms with Gasteiger partial charge < -0.3 is 5.32 Å². The second kappa shape index (κ2) is 10.8. The lowest BCUT2D eigenvalue weighted by atomic mass is 9.92. The summed E-state index contributed by atoms with van der Waals surface area (Å²) in [5.41, 5.74) is 12.2. The van der Waals surface area contributed by atoms with Gasteiger partial charge in [0.25, 0.3) is 0 Å². The number of hydrogen-bond acceptors (Lipinski definition) is 1. The SMILES string of the molecule is C[C@H]1C=Cc2ccccc2C(c2ccc(-c3ccc(Nc4ccc(-c5cccc6ccccc56)cc4)cc3)cc2)=C1. The molecule has 6 aromatic carbocycles. The van der Waals surface area contributed by atoms with Crippen molar-refractivity contribution >= 4 is 33.8 Å². The summed E-state index contributed by atoms with van der Waals surface area (Å²) in [6, 6.07) is 50.0. The van der Waals surface area contributed by atoms with E-state index in [-0.39, 0.29) is 0 Å². The standard InChI is InChI=1S/C40H31N/c1-28-13-14-32-8-3-5-11-39(32)40(27-28)34-17-15-29(16-18-34)30-19-23-35(24-20-30)41-36-25-21-33(22-26-36)38-12-6-9-31-7-2-4-10-37(31)38/h2-28,41H,1H3/t28-/m0/s1. The molecule has 0 saturated heterocycles. The molecule has 0 heterocycles. The fourth-order valence-corrected chi connectivity index (χ4v) is 5.77. The summed E-state index contributed by atoms with van der Waals surface area (Å²) in [5.74, 6) is 0.395. The molecule has 0 spiro atoms. The van der Waals surface area contributed by atoms with Crippen molar-refractivity contribution in [1.82, 2.24) is 0 Å². The van der Waals surface area contributed by atoms with Crippen molar-refractivity contribution in [2.24, 2.45) is 5.92 Å². The molecule has 1 nitrogen and oxygen atoms in total. The van der Waals surface area contributed by atoms with Crippen LogP contribution in [0.4, 0.5) is 11.4 Å². The van der Waals surface area contributed by atoms with E-state index >= 15 is 0 Å². The lowest BCUT2D eigenvalue weighted by molar-refractivity contribution is 0.950. The fraction of sp³-hybridized carbons (Fsp3) is 0.0500. The number of nitrogens with one attached hydrogen (secondary N) is 1. The number of allylic oxidation sites excluding steroid dienone is 2. The Labute approximate surface area is 242 Å². The van der Waals surface area contributed by atoms with E-state index in [4.69, 9.17) is 0 Å². The van der Waals surface area contributed by atoms with Gasteiger partial charge in [-0.05, 0) is 85.5 Å². The molecule has 0 fully saturated rings. The third-order valence-electron chi connectivity index (χ3n) is 7.95. The van der Waals surface area contributed by atoms with Crippen LogP contribution in [0.3, 0.4) is 0 Å². The van der Waals surface area contributed by atoms with Crippen LogP contribution in [0.1, 0.15) is 23.6 Å². The van der Waals surface area contributed by atoms with E-state index in [1.807, 2.05) is 0 Å². The molecule has 0 aliphatic heterocycles. The molecule has 1 heteroatoms. The molecule has 41 heavy (non-hydrogen) atoms. The Kier molecular flexibility index (Phi) is 6.55. The minimum absolute atomic E-state index is 0.395. The molecule has 0 amide bonds. The minimum atomic E-state index is 0.395. The second-order valence-corrected chi connectivity index (χ2v) is 10.8. The summed E-state index contributed by atoms with van der Waals surface area (Å²) in [4.78, 5) is 0. The van der Waals surface area contributed by atoms with Gasteiger partial charge in [-0.15, -0.1) is 0 Å². The van der Waals surface area contributed by atoms with Gasteiger partial charge in [-0.1, -0.05) is 140 Å². The average Bonchev–Trinajstić information content (AvgIpc) is 3.20. The van der Waals surface area contributed by atoms with E-state index in [0.717, 1.165) is 11.4 Å². The van der Waals surface area contributed by atoms with E-state index in [2.05, 4.69) is 170 Å². The third kappa shape index (κ3) is 5.11. The first kappa shape index (κ1) is 24.9. The molecule has 1 aliphatic rings. The summed E-state index contributed by atoms with van der Waals surface area (Å²) in [7, 11) is 0. The molecule has 0 unspecified atom stereocenters. The van der Waals surface area contributed by atoms with Crippen LogP contribution in [-0.4, -0.2) is 0 Å². The largest absolute Gasteiger partial charge is 0.356 e. The first-order chi connectivity index (χ1) is 20.2. The summed E-state index contributed by atoms with van der Waals surface area (Å²) in [6.45, 7) is 2.24. The molecule has 0 saturated carbocycles. The molecule has 6 aromatic rings. The van der Waals surface area contributed by atoms with Crippen LogP contribution in [0, 0.1) is 5.92 Å². The zero-order valence-corrected chi connectivity index (χ0v) is 23.1. The lowest BCUT2D eigenvalue weighted by Gasteiger charge is -2.13. The zero-order chi connectivity index (χ0) is 27.6. The molecular weight excluding hydrogens is 494 g/mol. The summed E-state index contributed by atoms with van der Waals surface area (Å²) in [5, 5.41) is 6.10. The number of hydrogen-bond donors (Lipinski definition) is 1. The van der Waals surface area contributed by atoms with Gasteiger partial charge in [0.1, 0.15) is 0 Å². The number of rotatable bonds is 5. The Bertz CT molecular complexity index is 1880. The zero-order valence-electron chi connectivity index (χ0n) is 23.1. The highest BCUT2D eigenvalue weighted by Crippen LogP contribution is 2.34. The highest BCUT2D eigenvalue weighted by molar-refractivity contribution is 5.96. The highest BCUT2D eigenvalue weighted by Gasteiger charge is 2.13. The minimum Gasteiger partial charge on any atom is -0.356 e. The van der Waals surface area contributed by atoms with Crippen LogP contribution >= 0.6 is 0 Å². The highest BCUT2D eigenvalue weighted by atomic mass is 14.9. The Morgan fingerprint density at radius 1 is 0.488 bits per heavy atom. The number of fused-ring (bicyclic) bond motifs is 2. The molecule has 0 bridgehead atoms. The van der Waals surface area contributed by atoms with Crippen LogP contribution in [0.2, 0.25) is 0 Å². The molecule has 0 radical (unpaired) electrons. The topological polar surface area (TPSA) is 12.0 Å². The van der Waals surface area contributed by atoms with Crippen LogP contribution in [-0.2, 0) is 0 Å². The van der Waals surface area contributed by atoms with E-state index in [0.29, 0.717) is 5.92 Å². The molecular formula is C40H31N. The summed E-state index contributed by atoms with van der Waals surface area (Å²) in [6.07, 6.45) is 6.88. The maximum absolute atomic E-state index is 3.56. The van der Waals surface area contributed by atoms with E-state index in [9.17, 15) is 0 Å². The van der Waals surface area contributed by atoms with Crippen molar-refractivity contribution in [3.8, 4) is 22.3 Å². The average molecular weight is 526 g/mol.